The highest BCUT2D eigenvalue weighted by molar-refractivity contribution is 8.00. The molecular weight excluding hydrogens is 700 g/mol. The van der Waals surface area contributed by atoms with Crippen LogP contribution in [-0.4, -0.2) is 94.3 Å². The summed E-state index contributed by atoms with van der Waals surface area (Å²) < 4.78 is 15.9. The number of carbonyl (C=O) groups is 5. The number of thiazole rings is 1. The van der Waals surface area contributed by atoms with Gasteiger partial charge in [-0.2, -0.15) is 0 Å². The van der Waals surface area contributed by atoms with E-state index >= 15 is 0 Å². The number of alkyl halides is 1. The van der Waals surface area contributed by atoms with Gasteiger partial charge in [-0.15, -0.1) is 34.7 Å². The Morgan fingerprint density at radius 2 is 1.96 bits per heavy atom. The largest absolute Gasteiger partial charge is 0.497 e. The first kappa shape index (κ1) is 37.5. The van der Waals surface area contributed by atoms with Gasteiger partial charge in [-0.1, -0.05) is 24.2 Å². The maximum absolute atomic E-state index is 13.6. The van der Waals surface area contributed by atoms with E-state index in [2.05, 4.69) is 26.1 Å². The average Bonchev–Trinajstić information content (AvgIpc) is 3.54. The number of alkyl carbamates (subject to hydrolysis) is 1. The Hall–Kier alpha value is -4.35. The third-order valence-electron chi connectivity index (χ3n) is 6.98. The summed E-state index contributed by atoms with van der Waals surface area (Å²) in [4.78, 5) is 74.6. The molecule has 3 heterocycles. The van der Waals surface area contributed by atoms with E-state index in [-0.39, 0.29) is 41.3 Å². The SMILES string of the molecule is CCC(CNC(=O)OC(C)(C)C)ON=C(C(=O)NC1C(=O)N2C(C(=O)OCc3ccc(OC)cc3)=C(CCl)CS[C@@H]12)c1csc(NC=O)n1. The van der Waals surface area contributed by atoms with Gasteiger partial charge in [0.15, 0.2) is 10.8 Å². The molecule has 2 aromatic rings. The van der Waals surface area contributed by atoms with Crippen molar-refractivity contribution in [3.8, 4) is 5.75 Å². The number of β-lactam (4-membered cyclic amide) rings is 1. The molecular formula is C31H37ClN6O9S2. The molecule has 0 saturated carbocycles. The molecule has 0 spiro atoms. The minimum absolute atomic E-state index is 0.00397. The van der Waals surface area contributed by atoms with Crippen molar-refractivity contribution in [2.24, 2.45) is 5.16 Å². The maximum Gasteiger partial charge on any atom is 0.407 e. The standard InChI is InChI=1S/C31H37ClN6O9S2/c1-6-19(12-33-30(43)46-31(2,3)4)47-37-22(21-15-49-29(35-21)34-16-39)25(40)36-23-26(41)38-24(18(11-32)14-48-27(23)38)28(42)45-13-17-7-9-20(44-5)10-8-17/h7-10,15-16,19,23,27H,6,11-14H2,1-5H3,(H,33,43)(H,36,40)(H,34,35,39)/t19?,23?,27-/m0/s1. The van der Waals surface area contributed by atoms with E-state index in [1.54, 1.807) is 59.1 Å². The zero-order chi connectivity index (χ0) is 35.7. The number of anilines is 1. The van der Waals surface area contributed by atoms with Crippen molar-refractivity contribution in [3.63, 3.8) is 0 Å². The molecule has 2 unspecified atom stereocenters. The summed E-state index contributed by atoms with van der Waals surface area (Å²) in [6.45, 7) is 6.99. The fourth-order valence-electron chi connectivity index (χ4n) is 4.52. The molecule has 49 heavy (non-hydrogen) atoms. The van der Waals surface area contributed by atoms with Crippen LogP contribution in [0.25, 0.3) is 0 Å². The number of ether oxygens (including phenoxy) is 3. The lowest BCUT2D eigenvalue weighted by Crippen LogP contribution is -2.71. The number of methoxy groups -OCH3 is 1. The van der Waals surface area contributed by atoms with Crippen molar-refractivity contribution >= 4 is 75.8 Å². The lowest BCUT2D eigenvalue weighted by atomic mass is 10.0. The summed E-state index contributed by atoms with van der Waals surface area (Å²) >= 11 is 8.54. The number of thioether (sulfide) groups is 1. The van der Waals surface area contributed by atoms with Crippen molar-refractivity contribution in [1.29, 1.82) is 0 Å². The molecule has 3 atom stereocenters. The first-order valence-corrected chi connectivity index (χ1v) is 17.6. The molecule has 15 nitrogen and oxygen atoms in total. The highest BCUT2D eigenvalue weighted by atomic mass is 35.5. The van der Waals surface area contributed by atoms with Crippen molar-refractivity contribution < 1.29 is 43.0 Å². The monoisotopic (exact) mass is 736 g/mol. The lowest BCUT2D eigenvalue weighted by molar-refractivity contribution is -0.153. The van der Waals surface area contributed by atoms with Gasteiger partial charge in [-0.3, -0.25) is 19.3 Å². The van der Waals surface area contributed by atoms with Crippen LogP contribution in [-0.2, 0) is 40.1 Å². The van der Waals surface area contributed by atoms with E-state index in [1.807, 2.05) is 0 Å². The van der Waals surface area contributed by atoms with Gasteiger partial charge >= 0.3 is 12.1 Å². The van der Waals surface area contributed by atoms with Gasteiger partial charge in [-0.05, 0) is 50.5 Å². The predicted octanol–water partition coefficient (Wildman–Crippen LogP) is 3.38. The normalized spacial score (nSPS) is 18.0. The molecule has 3 N–H and O–H groups in total. The van der Waals surface area contributed by atoms with E-state index in [4.69, 9.17) is 30.6 Å². The molecule has 1 saturated heterocycles. The van der Waals surface area contributed by atoms with Gasteiger partial charge in [0.05, 0.1) is 13.7 Å². The summed E-state index contributed by atoms with van der Waals surface area (Å²) in [5, 5.41) is 12.8. The van der Waals surface area contributed by atoms with Crippen LogP contribution in [0.5, 0.6) is 5.75 Å². The van der Waals surface area contributed by atoms with Gasteiger partial charge in [0.25, 0.3) is 11.8 Å². The maximum atomic E-state index is 13.6. The number of benzene rings is 1. The number of hydrogen-bond acceptors (Lipinski definition) is 13. The minimum Gasteiger partial charge on any atom is -0.497 e. The Morgan fingerprint density at radius 3 is 2.59 bits per heavy atom. The molecule has 1 aromatic carbocycles. The minimum atomic E-state index is -1.02. The smallest absolute Gasteiger partial charge is 0.407 e. The molecule has 1 aromatic heterocycles. The number of hydrogen-bond donors (Lipinski definition) is 3. The predicted molar refractivity (Wildman–Crippen MR) is 183 cm³/mol. The number of rotatable bonds is 15. The topological polar surface area (TPSA) is 187 Å². The van der Waals surface area contributed by atoms with Crippen LogP contribution in [0.1, 0.15) is 45.4 Å². The van der Waals surface area contributed by atoms with Gasteiger partial charge in [0.1, 0.15) is 46.9 Å². The fraction of sp³-hybridized carbons (Fsp3) is 0.452. The highest BCUT2D eigenvalue weighted by Gasteiger charge is 2.54. The Morgan fingerprint density at radius 1 is 1.22 bits per heavy atom. The van der Waals surface area contributed by atoms with Crippen LogP contribution >= 0.6 is 34.7 Å². The molecule has 18 heteroatoms. The summed E-state index contributed by atoms with van der Waals surface area (Å²) in [6.07, 6.45) is -0.448. The molecule has 2 aliphatic rings. The second-order valence-electron chi connectivity index (χ2n) is 11.6. The van der Waals surface area contributed by atoms with E-state index in [1.165, 1.54) is 22.0 Å². The zero-order valence-electron chi connectivity index (χ0n) is 27.4. The average molecular weight is 737 g/mol. The number of aromatic nitrogens is 1. The zero-order valence-corrected chi connectivity index (χ0v) is 29.8. The van der Waals surface area contributed by atoms with E-state index in [9.17, 15) is 24.0 Å². The molecule has 1 fully saturated rings. The van der Waals surface area contributed by atoms with Gasteiger partial charge in [-0.25, -0.2) is 14.6 Å². The number of oxime groups is 1. The van der Waals surface area contributed by atoms with Crippen LogP contribution in [0.2, 0.25) is 0 Å². The Labute approximate surface area is 296 Å². The van der Waals surface area contributed by atoms with Crippen LogP contribution in [0.4, 0.5) is 9.93 Å². The summed E-state index contributed by atoms with van der Waals surface area (Å²) in [7, 11) is 1.55. The van der Waals surface area contributed by atoms with Crippen LogP contribution in [0.15, 0.2) is 46.1 Å². The quantitative estimate of drug-likeness (QED) is 0.0608. The summed E-state index contributed by atoms with van der Waals surface area (Å²) in [6, 6.07) is 5.97. The number of esters is 1. The molecule has 0 bridgehead atoms. The first-order valence-electron chi connectivity index (χ1n) is 15.1. The molecule has 2 aliphatic heterocycles. The summed E-state index contributed by atoms with van der Waals surface area (Å²) in [5.41, 5.74) is 0.408. The van der Waals surface area contributed by atoms with Crippen LogP contribution in [0.3, 0.4) is 0 Å². The van der Waals surface area contributed by atoms with Crippen LogP contribution < -0.4 is 20.7 Å². The van der Waals surface area contributed by atoms with Crippen molar-refractivity contribution in [2.75, 3.05) is 30.6 Å². The van der Waals surface area contributed by atoms with Crippen molar-refractivity contribution in [3.05, 3.63) is 52.2 Å². The fourth-order valence-corrected chi connectivity index (χ4v) is 6.86. The van der Waals surface area contributed by atoms with Gasteiger partial charge in [0.2, 0.25) is 6.41 Å². The van der Waals surface area contributed by atoms with Gasteiger partial charge < -0.3 is 35.0 Å². The third-order valence-corrected chi connectivity index (χ3v) is 9.42. The van der Waals surface area contributed by atoms with Gasteiger partial charge in [0, 0.05) is 17.0 Å². The summed E-state index contributed by atoms with van der Waals surface area (Å²) in [5.74, 6) is -1.05. The second kappa shape index (κ2) is 16.8. The first-order chi connectivity index (χ1) is 23.4. The van der Waals surface area contributed by atoms with E-state index in [0.29, 0.717) is 29.9 Å². The van der Waals surface area contributed by atoms with E-state index < -0.39 is 47.0 Å². The lowest BCUT2D eigenvalue weighted by Gasteiger charge is -2.49. The van der Waals surface area contributed by atoms with E-state index in [0.717, 1.165) is 16.9 Å². The number of halogens is 1. The Balaban J connectivity index is 1.47. The third kappa shape index (κ3) is 9.64. The Kier molecular flexibility index (Phi) is 12.9. The molecule has 4 rings (SSSR count). The highest BCUT2D eigenvalue weighted by Crippen LogP contribution is 2.41. The van der Waals surface area contributed by atoms with Crippen LogP contribution in [0, 0.1) is 0 Å². The number of nitrogens with zero attached hydrogens (tertiary/aromatic N) is 3. The Bertz CT molecular complexity index is 1610. The number of nitrogens with one attached hydrogen (secondary N) is 3. The molecule has 264 valence electrons. The van der Waals surface area contributed by atoms with Crippen molar-refractivity contribution in [2.45, 2.75) is 63.8 Å². The number of fused-ring (bicyclic) bond motifs is 1. The van der Waals surface area contributed by atoms with Crippen molar-refractivity contribution in [1.82, 2.24) is 20.5 Å². The number of carbonyl (C=O) groups excluding carboxylic acids is 5. The molecule has 4 amide bonds. The second-order valence-corrected chi connectivity index (χ2v) is 13.9. The molecule has 0 radical (unpaired) electrons. The molecule has 0 aliphatic carbocycles. The number of amides is 4.